The second-order valence-electron chi connectivity index (χ2n) is 7.29. The first-order valence-corrected chi connectivity index (χ1v) is 10.9. The summed E-state index contributed by atoms with van der Waals surface area (Å²) in [5.41, 5.74) is 0.991. The zero-order valence-corrected chi connectivity index (χ0v) is 18.5. The minimum atomic E-state index is -0.258. The van der Waals surface area contributed by atoms with Crippen molar-refractivity contribution in [1.29, 1.82) is 0 Å². The summed E-state index contributed by atoms with van der Waals surface area (Å²) < 4.78 is 10.2. The topological polar surface area (TPSA) is 59.1 Å². The van der Waals surface area contributed by atoms with Gasteiger partial charge in [0.05, 0.1) is 25.2 Å². The normalized spacial score (nSPS) is 16.6. The Bertz CT molecular complexity index is 683. The van der Waals surface area contributed by atoms with E-state index in [9.17, 15) is 9.59 Å². The van der Waals surface area contributed by atoms with E-state index in [1.165, 1.54) is 0 Å². The van der Waals surface area contributed by atoms with Gasteiger partial charge in [0.25, 0.3) is 0 Å². The number of carbonyl (C=O) groups is 2. The van der Waals surface area contributed by atoms with Crippen LogP contribution in [0.25, 0.3) is 0 Å². The molecule has 0 N–H and O–H groups in total. The number of methoxy groups -OCH3 is 1. The number of aryl methyl sites for hydroxylation is 1. The van der Waals surface area contributed by atoms with Gasteiger partial charge < -0.3 is 14.4 Å². The Morgan fingerprint density at radius 3 is 2.72 bits per heavy atom. The van der Waals surface area contributed by atoms with Crippen molar-refractivity contribution in [1.82, 2.24) is 9.80 Å². The first-order valence-electron chi connectivity index (χ1n) is 10.5. The Hall–Kier alpha value is -1.79. The predicted molar refractivity (Wildman–Crippen MR) is 114 cm³/mol. The molecule has 29 heavy (non-hydrogen) atoms. The van der Waals surface area contributed by atoms with Gasteiger partial charge in [0.1, 0.15) is 5.75 Å². The van der Waals surface area contributed by atoms with E-state index in [2.05, 4.69) is 11.8 Å². The number of nitrogens with zero attached hydrogens (tertiary/aromatic N) is 2. The average molecular weight is 425 g/mol. The van der Waals surface area contributed by atoms with Gasteiger partial charge in [-0.25, -0.2) is 0 Å². The Morgan fingerprint density at radius 2 is 2.07 bits per heavy atom. The first kappa shape index (κ1) is 23.5. The maximum atomic E-state index is 13.0. The highest BCUT2D eigenvalue weighted by Crippen LogP contribution is 2.25. The Balaban J connectivity index is 1.98. The summed E-state index contributed by atoms with van der Waals surface area (Å²) in [5.74, 6) is 0.425. The van der Waals surface area contributed by atoms with Crippen LogP contribution in [0.15, 0.2) is 18.2 Å². The maximum Gasteiger partial charge on any atom is 0.307 e. The third-order valence-corrected chi connectivity index (χ3v) is 5.72. The van der Waals surface area contributed by atoms with Crippen molar-refractivity contribution in [2.24, 2.45) is 0 Å². The number of rotatable bonds is 11. The van der Waals surface area contributed by atoms with Crippen molar-refractivity contribution in [2.75, 3.05) is 39.9 Å². The van der Waals surface area contributed by atoms with Crippen molar-refractivity contribution in [3.05, 3.63) is 28.8 Å². The molecule has 0 radical (unpaired) electrons. The lowest BCUT2D eigenvalue weighted by atomic mass is 10.1. The quantitative estimate of drug-likeness (QED) is 0.508. The summed E-state index contributed by atoms with van der Waals surface area (Å²) in [7, 11) is 1.58. The van der Waals surface area contributed by atoms with Crippen LogP contribution in [0.3, 0.4) is 0 Å². The molecule has 162 valence electrons. The lowest BCUT2D eigenvalue weighted by molar-refractivity contribution is -0.144. The monoisotopic (exact) mass is 424 g/mol. The van der Waals surface area contributed by atoms with Gasteiger partial charge in [-0.3, -0.25) is 14.5 Å². The van der Waals surface area contributed by atoms with E-state index in [0.717, 1.165) is 31.5 Å². The van der Waals surface area contributed by atoms with Crippen molar-refractivity contribution in [2.45, 2.75) is 52.0 Å². The summed E-state index contributed by atoms with van der Waals surface area (Å²) in [6.45, 7) is 7.41. The van der Waals surface area contributed by atoms with Crippen LogP contribution in [0.5, 0.6) is 5.75 Å². The number of hydrogen-bond acceptors (Lipinski definition) is 5. The summed E-state index contributed by atoms with van der Waals surface area (Å²) in [5, 5.41) is 0.543. The van der Waals surface area contributed by atoms with Crippen LogP contribution < -0.4 is 4.74 Å². The molecule has 0 bridgehead atoms. The van der Waals surface area contributed by atoms with Crippen LogP contribution in [0.4, 0.5) is 0 Å². The minimum absolute atomic E-state index is 0.0594. The van der Waals surface area contributed by atoms with Crippen LogP contribution in [-0.2, 0) is 20.7 Å². The molecular formula is C22H33ClN2O4. The SMILES string of the molecule is CCOC(=O)CCN(CC1CCCN1CC)C(=O)CCc1ccc(OC)c(Cl)c1. The molecular weight excluding hydrogens is 392 g/mol. The molecule has 1 saturated heterocycles. The number of hydrogen-bond donors (Lipinski definition) is 0. The molecule has 0 aromatic heterocycles. The summed E-state index contributed by atoms with van der Waals surface area (Å²) in [6.07, 6.45) is 3.45. The standard InChI is InChI=1S/C22H33ClN2O4/c1-4-24-13-6-7-18(24)16-25(14-12-22(27)29-5-2)21(26)11-9-17-8-10-20(28-3)19(23)15-17/h8,10,15,18H,4-7,9,11-14,16H2,1-3H3. The number of benzene rings is 1. The molecule has 1 unspecified atom stereocenters. The lowest BCUT2D eigenvalue weighted by Gasteiger charge is -2.30. The van der Waals surface area contributed by atoms with E-state index < -0.39 is 0 Å². The average Bonchev–Trinajstić information content (AvgIpc) is 3.16. The van der Waals surface area contributed by atoms with Crippen molar-refractivity contribution >= 4 is 23.5 Å². The molecule has 6 nitrogen and oxygen atoms in total. The Morgan fingerprint density at radius 1 is 1.28 bits per heavy atom. The molecule has 1 atom stereocenters. The first-order chi connectivity index (χ1) is 14.0. The number of ether oxygens (including phenoxy) is 2. The predicted octanol–water partition coefficient (Wildman–Crippen LogP) is 3.55. The van der Waals surface area contributed by atoms with Crippen LogP contribution in [-0.4, -0.2) is 67.6 Å². The molecule has 0 aliphatic carbocycles. The third kappa shape index (κ3) is 7.19. The van der Waals surface area contributed by atoms with E-state index in [1.54, 1.807) is 14.0 Å². The van der Waals surface area contributed by atoms with Gasteiger partial charge in [0.2, 0.25) is 5.91 Å². The van der Waals surface area contributed by atoms with Crippen molar-refractivity contribution < 1.29 is 19.1 Å². The number of likely N-dealkylation sites (tertiary alicyclic amines) is 1. The summed E-state index contributed by atoms with van der Waals surface area (Å²) in [6, 6.07) is 5.95. The number of likely N-dealkylation sites (N-methyl/N-ethyl adjacent to an activating group) is 1. The molecule has 0 spiro atoms. The molecule has 1 fully saturated rings. The summed E-state index contributed by atoms with van der Waals surface area (Å²) in [4.78, 5) is 29.0. The molecule has 0 saturated carbocycles. The fourth-order valence-electron chi connectivity index (χ4n) is 3.82. The van der Waals surface area contributed by atoms with E-state index >= 15 is 0 Å². The van der Waals surface area contributed by atoms with Crippen LogP contribution >= 0.6 is 11.6 Å². The van der Waals surface area contributed by atoms with Gasteiger partial charge in [-0.2, -0.15) is 0 Å². The van der Waals surface area contributed by atoms with Gasteiger partial charge in [-0.15, -0.1) is 0 Å². The van der Waals surface area contributed by atoms with Crippen molar-refractivity contribution in [3.63, 3.8) is 0 Å². The van der Waals surface area contributed by atoms with Gasteiger partial charge in [-0.05, 0) is 57.0 Å². The zero-order chi connectivity index (χ0) is 21.2. The molecule has 1 heterocycles. The largest absolute Gasteiger partial charge is 0.495 e. The van der Waals surface area contributed by atoms with E-state index in [-0.39, 0.29) is 18.3 Å². The number of halogens is 1. The zero-order valence-electron chi connectivity index (χ0n) is 17.8. The second kappa shape index (κ2) is 12.0. The Labute approximate surface area is 179 Å². The molecule has 2 rings (SSSR count). The third-order valence-electron chi connectivity index (χ3n) is 5.42. The number of carbonyl (C=O) groups excluding carboxylic acids is 2. The maximum absolute atomic E-state index is 13.0. The molecule has 1 amide bonds. The van der Waals surface area contributed by atoms with E-state index in [1.807, 2.05) is 23.1 Å². The molecule has 1 aromatic rings. The molecule has 7 heteroatoms. The van der Waals surface area contributed by atoms with Crippen LogP contribution in [0.2, 0.25) is 5.02 Å². The number of amides is 1. The smallest absolute Gasteiger partial charge is 0.307 e. The Kier molecular flexibility index (Phi) is 9.74. The highest BCUT2D eigenvalue weighted by Gasteiger charge is 2.27. The van der Waals surface area contributed by atoms with Gasteiger partial charge >= 0.3 is 5.97 Å². The van der Waals surface area contributed by atoms with E-state index in [4.69, 9.17) is 21.1 Å². The molecule has 1 aliphatic heterocycles. The lowest BCUT2D eigenvalue weighted by Crippen LogP contribution is -2.44. The van der Waals surface area contributed by atoms with Crippen LogP contribution in [0.1, 0.15) is 45.1 Å². The molecule has 1 aromatic carbocycles. The highest BCUT2D eigenvalue weighted by molar-refractivity contribution is 6.32. The fraction of sp³-hybridized carbons (Fsp3) is 0.636. The van der Waals surface area contributed by atoms with Gasteiger partial charge in [0.15, 0.2) is 0 Å². The second-order valence-corrected chi connectivity index (χ2v) is 7.70. The van der Waals surface area contributed by atoms with Gasteiger partial charge in [-0.1, -0.05) is 24.6 Å². The van der Waals surface area contributed by atoms with Crippen LogP contribution in [0, 0.1) is 0 Å². The van der Waals surface area contributed by atoms with E-state index in [0.29, 0.717) is 49.4 Å². The number of esters is 1. The highest BCUT2D eigenvalue weighted by atomic mass is 35.5. The van der Waals surface area contributed by atoms with Gasteiger partial charge in [0, 0.05) is 25.6 Å². The minimum Gasteiger partial charge on any atom is -0.495 e. The molecule has 1 aliphatic rings. The fourth-order valence-corrected chi connectivity index (χ4v) is 4.10. The summed E-state index contributed by atoms with van der Waals surface area (Å²) >= 11 is 6.19. The van der Waals surface area contributed by atoms with Crippen molar-refractivity contribution in [3.8, 4) is 5.75 Å².